The van der Waals surface area contributed by atoms with Crippen LogP contribution in [0.3, 0.4) is 0 Å². The van der Waals surface area contributed by atoms with Gasteiger partial charge < -0.3 is 4.74 Å². The molecule has 0 aliphatic carbocycles. The summed E-state index contributed by atoms with van der Waals surface area (Å²) in [5, 5.41) is 0. The lowest BCUT2D eigenvalue weighted by atomic mass is 9.98. The summed E-state index contributed by atoms with van der Waals surface area (Å²) in [4.78, 5) is 0.237. The standard InChI is InChI=1S/C22H28N2O5S2/c25-30(26,23-14-16-29-17-15-23)21-9-11-22(12-10-21)31(27,28)24-13-5-4-8-20(24)18-19-6-2-1-3-7-19/h1-3,6-7,9-12,20H,4-5,8,13-18H2. The summed E-state index contributed by atoms with van der Waals surface area (Å²) < 4.78 is 60.6. The minimum Gasteiger partial charge on any atom is -0.379 e. The lowest BCUT2D eigenvalue weighted by Gasteiger charge is -2.35. The Balaban J connectivity index is 1.56. The average molecular weight is 465 g/mol. The minimum absolute atomic E-state index is 0.0992. The van der Waals surface area contributed by atoms with Gasteiger partial charge in [-0.15, -0.1) is 0 Å². The van der Waals surface area contributed by atoms with Gasteiger partial charge in [0, 0.05) is 25.7 Å². The molecule has 2 aromatic carbocycles. The van der Waals surface area contributed by atoms with E-state index in [1.54, 1.807) is 4.31 Å². The molecule has 7 nitrogen and oxygen atoms in total. The normalized spacial score (nSPS) is 21.7. The maximum atomic E-state index is 13.4. The Morgan fingerprint density at radius 1 is 0.774 bits per heavy atom. The average Bonchev–Trinajstić information content (AvgIpc) is 2.81. The first-order chi connectivity index (χ1) is 14.9. The third kappa shape index (κ3) is 4.85. The first kappa shape index (κ1) is 22.4. The van der Waals surface area contributed by atoms with E-state index in [0.29, 0.717) is 39.3 Å². The molecule has 0 bridgehead atoms. The Hall–Kier alpha value is -1.78. The van der Waals surface area contributed by atoms with E-state index in [1.165, 1.54) is 28.6 Å². The largest absolute Gasteiger partial charge is 0.379 e. The van der Waals surface area contributed by atoms with Crippen LogP contribution in [0, 0.1) is 0 Å². The maximum Gasteiger partial charge on any atom is 0.243 e. The fourth-order valence-electron chi connectivity index (χ4n) is 4.24. The highest BCUT2D eigenvalue weighted by Gasteiger charge is 2.34. The Morgan fingerprint density at radius 3 is 2.03 bits per heavy atom. The number of benzene rings is 2. The summed E-state index contributed by atoms with van der Waals surface area (Å²) in [6, 6.07) is 15.4. The zero-order valence-electron chi connectivity index (χ0n) is 17.4. The number of sulfonamides is 2. The van der Waals surface area contributed by atoms with Gasteiger partial charge in [0.25, 0.3) is 0 Å². The monoisotopic (exact) mass is 464 g/mol. The van der Waals surface area contributed by atoms with Crippen LogP contribution in [-0.2, 0) is 31.2 Å². The van der Waals surface area contributed by atoms with Crippen LogP contribution in [0.5, 0.6) is 0 Å². The highest BCUT2D eigenvalue weighted by atomic mass is 32.2. The molecule has 0 aromatic heterocycles. The first-order valence-electron chi connectivity index (χ1n) is 10.6. The van der Waals surface area contributed by atoms with Crippen molar-refractivity contribution in [3.05, 3.63) is 60.2 Å². The minimum atomic E-state index is -3.71. The lowest BCUT2D eigenvalue weighted by Crippen LogP contribution is -2.44. The third-order valence-electron chi connectivity index (χ3n) is 5.93. The lowest BCUT2D eigenvalue weighted by molar-refractivity contribution is 0.0730. The molecule has 1 unspecified atom stereocenters. The van der Waals surface area contributed by atoms with Gasteiger partial charge >= 0.3 is 0 Å². The van der Waals surface area contributed by atoms with Crippen molar-refractivity contribution in [2.45, 2.75) is 41.5 Å². The molecule has 31 heavy (non-hydrogen) atoms. The Bertz CT molecular complexity index is 1080. The molecule has 0 saturated carbocycles. The van der Waals surface area contributed by atoms with E-state index >= 15 is 0 Å². The van der Waals surface area contributed by atoms with Crippen LogP contribution in [-0.4, -0.2) is 64.3 Å². The van der Waals surface area contributed by atoms with E-state index in [1.807, 2.05) is 30.3 Å². The molecule has 2 saturated heterocycles. The number of morpholine rings is 1. The molecule has 1 atom stereocenters. The van der Waals surface area contributed by atoms with Gasteiger partial charge in [-0.2, -0.15) is 8.61 Å². The third-order valence-corrected chi connectivity index (χ3v) is 9.80. The summed E-state index contributed by atoms with van der Waals surface area (Å²) in [6.45, 7) is 1.81. The summed E-state index contributed by atoms with van der Waals surface area (Å²) in [6.07, 6.45) is 3.31. The van der Waals surface area contributed by atoms with E-state index in [-0.39, 0.29) is 15.8 Å². The molecule has 2 heterocycles. The molecule has 2 aliphatic heterocycles. The SMILES string of the molecule is O=S(=O)(c1ccc(S(=O)(=O)N2CCCCC2Cc2ccccc2)cc1)N1CCOCC1. The molecule has 0 spiro atoms. The van der Waals surface area contributed by atoms with Crippen molar-refractivity contribution in [3.8, 4) is 0 Å². The first-order valence-corrected chi connectivity index (χ1v) is 13.5. The number of hydrogen-bond donors (Lipinski definition) is 0. The van der Waals surface area contributed by atoms with E-state index in [4.69, 9.17) is 4.74 Å². The van der Waals surface area contributed by atoms with Gasteiger partial charge in [0.1, 0.15) is 0 Å². The van der Waals surface area contributed by atoms with Crippen molar-refractivity contribution in [1.29, 1.82) is 0 Å². The zero-order valence-corrected chi connectivity index (χ0v) is 19.0. The summed E-state index contributed by atoms with van der Waals surface area (Å²) in [5.74, 6) is 0. The predicted octanol–water partition coefficient (Wildman–Crippen LogP) is 2.49. The number of rotatable bonds is 6. The van der Waals surface area contributed by atoms with E-state index in [9.17, 15) is 16.8 Å². The molecule has 2 aliphatic rings. The summed E-state index contributed by atoms with van der Waals surface area (Å²) in [5.41, 5.74) is 1.11. The fraction of sp³-hybridized carbons (Fsp3) is 0.455. The molecule has 2 aromatic rings. The van der Waals surface area contributed by atoms with Gasteiger partial charge in [0.05, 0.1) is 23.0 Å². The molecule has 0 N–H and O–H groups in total. The Morgan fingerprint density at radius 2 is 1.39 bits per heavy atom. The molecular weight excluding hydrogens is 436 g/mol. The van der Waals surface area contributed by atoms with Gasteiger partial charge in [-0.1, -0.05) is 36.8 Å². The Kier molecular flexibility index (Phi) is 6.78. The second-order valence-corrected chi connectivity index (χ2v) is 11.8. The van der Waals surface area contributed by atoms with Gasteiger partial charge in [0.15, 0.2) is 0 Å². The van der Waals surface area contributed by atoms with Gasteiger partial charge in [-0.05, 0) is 49.1 Å². The van der Waals surface area contributed by atoms with Crippen molar-refractivity contribution < 1.29 is 21.6 Å². The molecule has 2 fully saturated rings. The van der Waals surface area contributed by atoms with Crippen LogP contribution in [0.1, 0.15) is 24.8 Å². The number of piperidine rings is 1. The molecule has 0 radical (unpaired) electrons. The number of nitrogens with zero attached hydrogens (tertiary/aromatic N) is 2. The summed E-state index contributed by atoms with van der Waals surface area (Å²) >= 11 is 0. The van der Waals surface area contributed by atoms with Crippen LogP contribution >= 0.6 is 0 Å². The predicted molar refractivity (Wildman–Crippen MR) is 118 cm³/mol. The van der Waals surface area contributed by atoms with Crippen molar-refractivity contribution in [1.82, 2.24) is 8.61 Å². The number of ether oxygens (including phenoxy) is 1. The smallest absolute Gasteiger partial charge is 0.243 e. The Labute approximate surface area is 184 Å². The molecule has 9 heteroatoms. The van der Waals surface area contributed by atoms with E-state index in [0.717, 1.165) is 24.8 Å². The van der Waals surface area contributed by atoms with Crippen molar-refractivity contribution in [2.75, 3.05) is 32.8 Å². The van der Waals surface area contributed by atoms with Crippen LogP contribution < -0.4 is 0 Å². The number of hydrogen-bond acceptors (Lipinski definition) is 5. The zero-order chi connectivity index (χ0) is 21.9. The summed E-state index contributed by atoms with van der Waals surface area (Å²) in [7, 11) is -7.37. The second kappa shape index (κ2) is 9.38. The van der Waals surface area contributed by atoms with Crippen LogP contribution in [0.2, 0.25) is 0 Å². The molecule has 0 amide bonds. The molecular formula is C22H28N2O5S2. The van der Waals surface area contributed by atoms with E-state index in [2.05, 4.69) is 0 Å². The van der Waals surface area contributed by atoms with Crippen molar-refractivity contribution in [2.24, 2.45) is 0 Å². The molecule has 4 rings (SSSR count). The second-order valence-electron chi connectivity index (χ2n) is 7.94. The molecule has 168 valence electrons. The fourth-order valence-corrected chi connectivity index (χ4v) is 7.34. The highest BCUT2D eigenvalue weighted by molar-refractivity contribution is 7.89. The van der Waals surface area contributed by atoms with E-state index < -0.39 is 20.0 Å². The van der Waals surface area contributed by atoms with Crippen molar-refractivity contribution >= 4 is 20.0 Å². The topological polar surface area (TPSA) is 84.0 Å². The highest BCUT2D eigenvalue weighted by Crippen LogP contribution is 2.28. The van der Waals surface area contributed by atoms with Crippen LogP contribution in [0.15, 0.2) is 64.4 Å². The quantitative estimate of drug-likeness (QED) is 0.656. The van der Waals surface area contributed by atoms with Gasteiger partial charge in [0.2, 0.25) is 20.0 Å². The van der Waals surface area contributed by atoms with Crippen LogP contribution in [0.25, 0.3) is 0 Å². The van der Waals surface area contributed by atoms with Gasteiger partial charge in [-0.25, -0.2) is 16.8 Å². The van der Waals surface area contributed by atoms with Gasteiger partial charge in [-0.3, -0.25) is 0 Å². The maximum absolute atomic E-state index is 13.4. The van der Waals surface area contributed by atoms with Crippen LogP contribution in [0.4, 0.5) is 0 Å². The van der Waals surface area contributed by atoms with Crippen molar-refractivity contribution in [3.63, 3.8) is 0 Å².